The van der Waals surface area contributed by atoms with E-state index in [9.17, 15) is 59.9 Å². The minimum absolute atomic E-state index is 0. The lowest BCUT2D eigenvalue weighted by molar-refractivity contribution is -0.395. The number of non-ortho nitro benzene ring substituents is 2. The molecule has 2 aromatic heterocycles. The third kappa shape index (κ3) is 6.78. The van der Waals surface area contributed by atoms with E-state index in [1.165, 1.54) is 23.6 Å². The predicted molar refractivity (Wildman–Crippen MR) is 219 cm³/mol. The molecule has 8 rings (SSSR count). The van der Waals surface area contributed by atoms with Crippen LogP contribution in [0.25, 0.3) is 33.4 Å². The number of aromatic hydroxyl groups is 1. The number of carbonyl (C=O) groups is 2. The number of phenols is 1. The standard InChI is InChI=1S/C39H30N8O15.ClH/c1-5-39(26-13-30-34-18(14-43(30)36(49)25(26)16-60-38(39)51)8-21-24(15-42(3)4)31(48)7-6-27(21)40-34)61-37(50)17(2)62-41-35-22-9-19(44(52)53)11-28(46(56)57)32(22)33-23(35)10-20(45(54)55)12-29(33)47(58)59;/h6-13,17,48H,5,14-16H2,1-4H3;1H/t17?,39-;/m0./s1. The highest BCUT2D eigenvalue weighted by atomic mass is 35.5. The van der Waals surface area contributed by atoms with Gasteiger partial charge in [-0.3, -0.25) is 45.3 Å². The fourth-order valence-electron chi connectivity index (χ4n) is 8.03. The van der Waals surface area contributed by atoms with Gasteiger partial charge in [0.25, 0.3) is 28.3 Å². The number of cyclic esters (lactones) is 1. The number of nitro benzene ring substituents is 4. The van der Waals surface area contributed by atoms with Gasteiger partial charge >= 0.3 is 11.9 Å². The van der Waals surface area contributed by atoms with Gasteiger partial charge in [0, 0.05) is 51.9 Å². The van der Waals surface area contributed by atoms with Crippen LogP contribution >= 0.6 is 12.4 Å². The maximum atomic E-state index is 14.1. The molecule has 24 heteroatoms. The van der Waals surface area contributed by atoms with E-state index in [1.807, 2.05) is 25.1 Å². The normalized spacial score (nSPS) is 15.8. The van der Waals surface area contributed by atoms with E-state index in [2.05, 4.69) is 5.16 Å². The molecule has 1 unspecified atom stereocenters. The molecule has 1 aliphatic carbocycles. The second-order valence-corrected chi connectivity index (χ2v) is 14.8. The number of oxime groups is 1. The Kier molecular flexibility index (Phi) is 10.6. The highest BCUT2D eigenvalue weighted by Gasteiger charge is 2.51. The predicted octanol–water partition coefficient (Wildman–Crippen LogP) is 5.29. The SMILES string of the molecule is CC[C@@]1(OC(=O)C(C)ON=C2c3cc([N+](=O)[O-])cc([N+](=O)[O-])c3-c3c2cc([N+](=O)[O-])cc3[N+](=O)[O-])C(=O)OCc2c1cc1n(c2=O)Cc2cc3c(CN(C)C)c(O)ccc3nc2-1.Cl. The summed E-state index contributed by atoms with van der Waals surface area (Å²) in [5, 5.41) is 63.2. The van der Waals surface area contributed by atoms with Crippen LogP contribution in [0.15, 0.2) is 58.5 Å². The van der Waals surface area contributed by atoms with Crippen LogP contribution in [0, 0.1) is 40.5 Å². The Labute approximate surface area is 358 Å². The van der Waals surface area contributed by atoms with Gasteiger partial charge in [0.05, 0.1) is 72.0 Å². The Hall–Kier alpha value is -7.92. The molecule has 324 valence electrons. The molecule has 5 aromatic rings. The zero-order valence-electron chi connectivity index (χ0n) is 33.2. The largest absolute Gasteiger partial charge is 0.508 e. The van der Waals surface area contributed by atoms with E-state index in [0.717, 1.165) is 19.1 Å². The molecule has 3 aliphatic rings. The first-order valence-corrected chi connectivity index (χ1v) is 18.5. The van der Waals surface area contributed by atoms with E-state index in [-0.39, 0.29) is 42.2 Å². The Bertz CT molecular complexity index is 2940. The summed E-state index contributed by atoms with van der Waals surface area (Å²) in [7, 11) is 3.70. The van der Waals surface area contributed by atoms with Gasteiger partial charge in [-0.25, -0.2) is 14.6 Å². The number of nitrogens with zero attached hydrogens (tertiary/aromatic N) is 8. The summed E-state index contributed by atoms with van der Waals surface area (Å²) in [6.45, 7) is 2.68. The zero-order chi connectivity index (χ0) is 44.7. The van der Waals surface area contributed by atoms with Crippen molar-refractivity contribution in [3.63, 3.8) is 0 Å². The van der Waals surface area contributed by atoms with E-state index in [4.69, 9.17) is 19.3 Å². The number of hydrogen-bond donors (Lipinski definition) is 1. The van der Waals surface area contributed by atoms with Crippen molar-refractivity contribution in [1.29, 1.82) is 0 Å². The molecule has 0 bridgehead atoms. The number of nitro groups is 4. The van der Waals surface area contributed by atoms with Crippen molar-refractivity contribution in [2.24, 2.45) is 5.16 Å². The third-order valence-corrected chi connectivity index (χ3v) is 10.9. The van der Waals surface area contributed by atoms with E-state index >= 15 is 0 Å². The summed E-state index contributed by atoms with van der Waals surface area (Å²) in [5.74, 6) is -2.20. The van der Waals surface area contributed by atoms with Crippen molar-refractivity contribution in [3.05, 3.63) is 133 Å². The Balaban J connectivity index is 0.00000595. The summed E-state index contributed by atoms with van der Waals surface area (Å²) in [6.07, 6.45) is -2.02. The smallest absolute Gasteiger partial charge is 0.355 e. The van der Waals surface area contributed by atoms with Crippen molar-refractivity contribution < 1.29 is 48.7 Å². The number of fused-ring (bicyclic) bond motifs is 8. The van der Waals surface area contributed by atoms with Gasteiger partial charge in [0.1, 0.15) is 18.1 Å². The van der Waals surface area contributed by atoms with E-state index < -0.39 is 106 Å². The molecule has 23 nitrogen and oxygen atoms in total. The minimum Gasteiger partial charge on any atom is -0.508 e. The summed E-state index contributed by atoms with van der Waals surface area (Å²) in [4.78, 5) is 97.9. The van der Waals surface area contributed by atoms with Crippen LogP contribution in [0.1, 0.15) is 53.6 Å². The Morgan fingerprint density at radius 2 is 1.56 bits per heavy atom. The number of phenolic OH excluding ortho intramolecular Hbond substituents is 1. The summed E-state index contributed by atoms with van der Waals surface area (Å²) in [6, 6.07) is 9.27. The maximum Gasteiger partial charge on any atom is 0.355 e. The molecule has 0 radical (unpaired) electrons. The molecule has 3 aromatic carbocycles. The van der Waals surface area contributed by atoms with Crippen molar-refractivity contribution in [2.75, 3.05) is 14.1 Å². The maximum absolute atomic E-state index is 14.1. The monoisotopic (exact) mass is 886 g/mol. The molecule has 0 saturated carbocycles. The first-order chi connectivity index (χ1) is 29.4. The summed E-state index contributed by atoms with van der Waals surface area (Å²) in [5.41, 5.74) is -6.23. The minimum atomic E-state index is -2.22. The summed E-state index contributed by atoms with van der Waals surface area (Å²) >= 11 is 0. The van der Waals surface area contributed by atoms with Crippen LogP contribution in [-0.4, -0.2) is 77.1 Å². The second-order valence-electron chi connectivity index (χ2n) is 14.8. The number of esters is 2. The van der Waals surface area contributed by atoms with Gasteiger partial charge in [-0.2, -0.15) is 0 Å². The van der Waals surface area contributed by atoms with Crippen LogP contribution in [0.4, 0.5) is 22.7 Å². The van der Waals surface area contributed by atoms with Crippen LogP contribution in [0.3, 0.4) is 0 Å². The first-order valence-electron chi connectivity index (χ1n) is 18.5. The topological polar surface area (TPSA) is 305 Å². The van der Waals surface area contributed by atoms with Gasteiger partial charge in [-0.05, 0) is 51.7 Å². The Morgan fingerprint density at radius 1 is 0.952 bits per heavy atom. The molecule has 0 fully saturated rings. The molecule has 63 heavy (non-hydrogen) atoms. The fraction of sp³-hybridized carbons (Fsp3) is 0.256. The number of rotatable bonds is 11. The fourth-order valence-corrected chi connectivity index (χ4v) is 8.03. The van der Waals surface area contributed by atoms with Gasteiger partial charge in [0.2, 0.25) is 11.7 Å². The van der Waals surface area contributed by atoms with Gasteiger partial charge in [-0.15, -0.1) is 12.4 Å². The highest BCUT2D eigenvalue weighted by molar-refractivity contribution is 6.27. The second kappa shape index (κ2) is 15.5. The molecular formula is C39H31ClN8O15. The summed E-state index contributed by atoms with van der Waals surface area (Å²) < 4.78 is 12.7. The lowest BCUT2D eigenvalue weighted by atomic mass is 9.85. The number of pyridine rings is 2. The van der Waals surface area contributed by atoms with Crippen molar-refractivity contribution >= 4 is 63.7 Å². The lowest BCUT2D eigenvalue weighted by Crippen LogP contribution is -2.48. The van der Waals surface area contributed by atoms with Gasteiger partial charge in [0.15, 0.2) is 0 Å². The first kappa shape index (κ1) is 43.2. The number of halogens is 1. The van der Waals surface area contributed by atoms with Crippen molar-refractivity contribution in [2.45, 2.75) is 51.7 Å². The molecule has 4 heterocycles. The average Bonchev–Trinajstić information content (AvgIpc) is 3.75. The number of hydrogen-bond acceptors (Lipinski definition) is 18. The number of benzene rings is 3. The van der Waals surface area contributed by atoms with Gasteiger partial charge < -0.3 is 28.9 Å². The van der Waals surface area contributed by atoms with E-state index in [1.54, 1.807) is 6.07 Å². The van der Waals surface area contributed by atoms with Crippen LogP contribution < -0.4 is 5.56 Å². The zero-order valence-corrected chi connectivity index (χ0v) is 34.0. The van der Waals surface area contributed by atoms with Crippen molar-refractivity contribution in [1.82, 2.24) is 14.5 Å². The number of ether oxygens (including phenoxy) is 2. The molecule has 0 spiro atoms. The average molecular weight is 887 g/mol. The number of carbonyl (C=O) groups excluding carboxylic acids is 2. The molecule has 0 saturated heterocycles. The highest BCUT2D eigenvalue weighted by Crippen LogP contribution is 2.50. The number of aromatic nitrogens is 2. The molecule has 0 amide bonds. The van der Waals surface area contributed by atoms with Gasteiger partial charge in [-0.1, -0.05) is 12.1 Å². The van der Waals surface area contributed by atoms with Crippen LogP contribution in [-0.2, 0) is 49.2 Å². The molecule has 2 aliphatic heterocycles. The quantitative estimate of drug-likeness (QED) is 0.0979. The lowest BCUT2D eigenvalue weighted by Gasteiger charge is -2.36. The van der Waals surface area contributed by atoms with Crippen molar-refractivity contribution in [3.8, 4) is 28.3 Å². The van der Waals surface area contributed by atoms with E-state index in [0.29, 0.717) is 52.1 Å². The molecular weight excluding hydrogens is 856 g/mol. The van der Waals surface area contributed by atoms with Crippen LogP contribution in [0.2, 0.25) is 0 Å². The van der Waals surface area contributed by atoms with Crippen LogP contribution in [0.5, 0.6) is 5.75 Å². The molecule has 1 N–H and O–H groups in total. The third-order valence-electron chi connectivity index (χ3n) is 10.9. The Morgan fingerprint density at radius 3 is 2.10 bits per heavy atom. The molecule has 2 atom stereocenters.